The van der Waals surface area contributed by atoms with Crippen LogP contribution in [-0.4, -0.2) is 8.42 Å². The summed E-state index contributed by atoms with van der Waals surface area (Å²) in [6.45, 7) is -0.189. The topological polar surface area (TPSA) is 72.2 Å². The van der Waals surface area contributed by atoms with Crippen LogP contribution in [0.15, 0.2) is 41.3 Å². The highest BCUT2D eigenvalue weighted by Crippen LogP contribution is 2.25. The molecule has 0 saturated heterocycles. The Bertz CT molecular complexity index is 764. The molecule has 2 aromatic carbocycles. The van der Waals surface area contributed by atoms with E-state index in [0.29, 0.717) is 0 Å². The van der Waals surface area contributed by atoms with E-state index in [-0.39, 0.29) is 22.8 Å². The molecule has 0 aliphatic rings. The van der Waals surface area contributed by atoms with Gasteiger partial charge in [-0.3, -0.25) is 4.72 Å². The number of nitrogens with two attached hydrogens (primary N) is 1. The molecule has 4 nitrogen and oxygen atoms in total. The van der Waals surface area contributed by atoms with Crippen molar-refractivity contribution in [3.8, 4) is 0 Å². The van der Waals surface area contributed by atoms with E-state index in [0.717, 1.165) is 18.2 Å². The standard InChI is InChI=1S/C13H11ClF2N2O2S/c14-9-5-8(7-17)13(16)12(6-9)21(19,20)18-11-3-1-10(15)2-4-11/h1-6,18H,7,17H2. The van der Waals surface area contributed by atoms with Crippen LogP contribution in [0.5, 0.6) is 0 Å². The van der Waals surface area contributed by atoms with E-state index >= 15 is 0 Å². The van der Waals surface area contributed by atoms with Gasteiger partial charge in [0.25, 0.3) is 10.0 Å². The first-order valence-electron chi connectivity index (χ1n) is 5.80. The van der Waals surface area contributed by atoms with Crippen LogP contribution in [0, 0.1) is 11.6 Å². The minimum Gasteiger partial charge on any atom is -0.326 e. The third kappa shape index (κ3) is 3.49. The number of hydrogen-bond donors (Lipinski definition) is 2. The van der Waals surface area contributed by atoms with Crippen molar-refractivity contribution < 1.29 is 17.2 Å². The van der Waals surface area contributed by atoms with E-state index in [1.54, 1.807) is 0 Å². The molecule has 8 heteroatoms. The summed E-state index contributed by atoms with van der Waals surface area (Å²) in [5.74, 6) is -1.48. The van der Waals surface area contributed by atoms with Crippen molar-refractivity contribution in [3.63, 3.8) is 0 Å². The minimum atomic E-state index is -4.20. The Balaban J connectivity index is 2.44. The van der Waals surface area contributed by atoms with Gasteiger partial charge in [-0.1, -0.05) is 11.6 Å². The van der Waals surface area contributed by atoms with Crippen molar-refractivity contribution in [2.75, 3.05) is 4.72 Å². The van der Waals surface area contributed by atoms with Crippen LogP contribution >= 0.6 is 11.6 Å². The van der Waals surface area contributed by atoms with E-state index in [1.807, 2.05) is 0 Å². The van der Waals surface area contributed by atoms with Crippen LogP contribution in [0.2, 0.25) is 5.02 Å². The van der Waals surface area contributed by atoms with Crippen LogP contribution in [0.1, 0.15) is 5.56 Å². The van der Waals surface area contributed by atoms with E-state index < -0.39 is 26.6 Å². The summed E-state index contributed by atoms with van der Waals surface area (Å²) in [6.07, 6.45) is 0. The fourth-order valence-electron chi connectivity index (χ4n) is 1.69. The molecule has 2 rings (SSSR count). The summed E-state index contributed by atoms with van der Waals surface area (Å²) >= 11 is 5.77. The Morgan fingerprint density at radius 1 is 1.14 bits per heavy atom. The Labute approximate surface area is 125 Å². The first kappa shape index (κ1) is 15.7. The highest BCUT2D eigenvalue weighted by molar-refractivity contribution is 7.92. The molecule has 21 heavy (non-hydrogen) atoms. The smallest absolute Gasteiger partial charge is 0.264 e. The molecule has 0 amide bonds. The summed E-state index contributed by atoms with van der Waals surface area (Å²) in [5, 5.41) is 0.0522. The molecule has 0 unspecified atom stereocenters. The molecule has 0 aliphatic carbocycles. The molecule has 3 N–H and O–H groups in total. The number of anilines is 1. The predicted octanol–water partition coefficient (Wildman–Crippen LogP) is 2.88. The van der Waals surface area contributed by atoms with Gasteiger partial charge in [0.05, 0.1) is 0 Å². The van der Waals surface area contributed by atoms with Crippen LogP contribution < -0.4 is 10.5 Å². The van der Waals surface area contributed by atoms with E-state index in [4.69, 9.17) is 17.3 Å². The van der Waals surface area contributed by atoms with Crippen LogP contribution in [-0.2, 0) is 16.6 Å². The van der Waals surface area contributed by atoms with E-state index in [9.17, 15) is 17.2 Å². The Morgan fingerprint density at radius 3 is 2.33 bits per heavy atom. The maximum atomic E-state index is 14.1. The molecule has 0 atom stereocenters. The second-order valence-corrected chi connectivity index (χ2v) is 6.28. The Hall–Kier alpha value is -1.70. The lowest BCUT2D eigenvalue weighted by atomic mass is 10.2. The van der Waals surface area contributed by atoms with Gasteiger partial charge in [-0.15, -0.1) is 0 Å². The first-order valence-corrected chi connectivity index (χ1v) is 7.66. The van der Waals surface area contributed by atoms with Crippen molar-refractivity contribution in [1.82, 2.24) is 0 Å². The summed E-state index contributed by atoms with van der Waals surface area (Å²) in [5.41, 5.74) is 5.44. The molecule has 0 radical (unpaired) electrons. The molecule has 0 heterocycles. The third-order valence-corrected chi connectivity index (χ3v) is 4.28. The van der Waals surface area contributed by atoms with Crippen molar-refractivity contribution in [1.29, 1.82) is 0 Å². The first-order chi connectivity index (χ1) is 9.83. The molecular formula is C13H11ClF2N2O2S. The van der Waals surface area contributed by atoms with Gasteiger partial charge in [-0.05, 0) is 36.4 Å². The summed E-state index contributed by atoms with van der Waals surface area (Å²) in [6, 6.07) is 6.85. The molecule has 0 aliphatic heterocycles. The van der Waals surface area contributed by atoms with Gasteiger partial charge in [-0.25, -0.2) is 17.2 Å². The van der Waals surface area contributed by atoms with Crippen molar-refractivity contribution in [2.24, 2.45) is 5.73 Å². The molecule has 0 fully saturated rings. The van der Waals surface area contributed by atoms with Crippen molar-refractivity contribution in [2.45, 2.75) is 11.4 Å². The molecule has 2 aromatic rings. The molecular weight excluding hydrogens is 322 g/mol. The second kappa shape index (κ2) is 5.97. The number of halogens is 3. The lowest BCUT2D eigenvalue weighted by Crippen LogP contribution is -2.16. The lowest BCUT2D eigenvalue weighted by molar-refractivity contribution is 0.561. The van der Waals surface area contributed by atoms with Gasteiger partial charge in [-0.2, -0.15) is 0 Å². The monoisotopic (exact) mass is 332 g/mol. The lowest BCUT2D eigenvalue weighted by Gasteiger charge is -2.11. The quantitative estimate of drug-likeness (QED) is 0.904. The zero-order valence-electron chi connectivity index (χ0n) is 10.6. The second-order valence-electron chi connectivity index (χ2n) is 4.19. The van der Waals surface area contributed by atoms with Gasteiger partial charge in [0, 0.05) is 22.8 Å². The van der Waals surface area contributed by atoms with E-state index in [2.05, 4.69) is 4.72 Å². The summed E-state index contributed by atoms with van der Waals surface area (Å²) < 4.78 is 53.4. The number of sulfonamides is 1. The summed E-state index contributed by atoms with van der Waals surface area (Å²) in [4.78, 5) is -0.611. The maximum Gasteiger partial charge on any atom is 0.264 e. The third-order valence-electron chi connectivity index (χ3n) is 2.69. The van der Waals surface area contributed by atoms with Crippen molar-refractivity contribution in [3.05, 3.63) is 58.6 Å². The minimum absolute atomic E-state index is 0.0121. The van der Waals surface area contributed by atoms with Crippen molar-refractivity contribution >= 4 is 27.3 Å². The van der Waals surface area contributed by atoms with Gasteiger partial charge in [0.2, 0.25) is 0 Å². The normalized spacial score (nSPS) is 11.4. The van der Waals surface area contributed by atoms with Gasteiger partial charge in [0.1, 0.15) is 16.5 Å². The summed E-state index contributed by atoms with van der Waals surface area (Å²) in [7, 11) is -4.20. The van der Waals surface area contributed by atoms with Gasteiger partial charge >= 0.3 is 0 Å². The maximum absolute atomic E-state index is 14.1. The molecule has 0 saturated carbocycles. The highest BCUT2D eigenvalue weighted by Gasteiger charge is 2.22. The van der Waals surface area contributed by atoms with Gasteiger partial charge < -0.3 is 5.73 Å². The SMILES string of the molecule is NCc1cc(Cl)cc(S(=O)(=O)Nc2ccc(F)cc2)c1F. The number of rotatable bonds is 4. The van der Waals surface area contributed by atoms with Crippen LogP contribution in [0.3, 0.4) is 0 Å². The zero-order chi connectivity index (χ0) is 15.6. The molecule has 0 aromatic heterocycles. The van der Waals surface area contributed by atoms with Gasteiger partial charge in [0.15, 0.2) is 0 Å². The fraction of sp³-hybridized carbons (Fsp3) is 0.0769. The average molecular weight is 333 g/mol. The predicted molar refractivity (Wildman–Crippen MR) is 76.5 cm³/mol. The largest absolute Gasteiger partial charge is 0.326 e. The van der Waals surface area contributed by atoms with E-state index in [1.165, 1.54) is 18.2 Å². The fourth-order valence-corrected chi connectivity index (χ4v) is 3.20. The average Bonchev–Trinajstić information content (AvgIpc) is 2.43. The molecule has 0 bridgehead atoms. The zero-order valence-corrected chi connectivity index (χ0v) is 12.2. The van der Waals surface area contributed by atoms with Crippen LogP contribution in [0.25, 0.3) is 0 Å². The Kier molecular flexibility index (Phi) is 4.46. The number of nitrogens with one attached hydrogen (secondary N) is 1. The number of benzene rings is 2. The molecule has 112 valence electrons. The van der Waals surface area contributed by atoms with Crippen LogP contribution in [0.4, 0.5) is 14.5 Å². The number of hydrogen-bond acceptors (Lipinski definition) is 3. The highest BCUT2D eigenvalue weighted by atomic mass is 35.5. The Morgan fingerprint density at radius 2 is 1.76 bits per heavy atom. The molecule has 0 spiro atoms.